The van der Waals surface area contributed by atoms with Gasteiger partial charge in [0.2, 0.25) is 5.43 Å². The fraction of sp³-hybridized carbons (Fsp3) is 0.360. The number of hydrogen-bond acceptors (Lipinski definition) is 5. The SMILES string of the molecule is CCOC(=O)CCCCCCc1oc2ccccc2c(=O)c1-c1ccc(OC)cc1. The number of ether oxygens (including phenoxy) is 2. The number of esters is 1. The van der Waals surface area contributed by atoms with Crippen LogP contribution in [0.15, 0.2) is 57.7 Å². The normalized spacial score (nSPS) is 10.9. The summed E-state index contributed by atoms with van der Waals surface area (Å²) in [6.07, 6.45) is 4.71. The number of hydrogen-bond donors (Lipinski definition) is 0. The van der Waals surface area contributed by atoms with Gasteiger partial charge in [0.15, 0.2) is 0 Å². The highest BCUT2D eigenvalue weighted by Crippen LogP contribution is 2.27. The smallest absolute Gasteiger partial charge is 0.305 e. The minimum atomic E-state index is -0.139. The summed E-state index contributed by atoms with van der Waals surface area (Å²) in [6.45, 7) is 2.24. The van der Waals surface area contributed by atoms with Crippen LogP contribution in [0.1, 0.15) is 44.8 Å². The molecule has 0 saturated heterocycles. The molecule has 0 amide bonds. The molecule has 0 unspecified atom stereocenters. The third-order valence-corrected chi connectivity index (χ3v) is 5.09. The zero-order chi connectivity index (χ0) is 21.3. The molecule has 1 aromatic heterocycles. The standard InChI is InChI=1S/C25H28O5/c1-3-29-23(26)13-7-5-4-6-12-22-24(18-14-16-19(28-2)17-15-18)25(27)20-10-8-9-11-21(20)30-22/h8-11,14-17H,3-7,12-13H2,1-2H3. The lowest BCUT2D eigenvalue weighted by Gasteiger charge is -2.11. The van der Waals surface area contributed by atoms with Crippen LogP contribution in [0, 0.1) is 0 Å². The van der Waals surface area contributed by atoms with E-state index in [4.69, 9.17) is 13.9 Å². The summed E-state index contributed by atoms with van der Waals surface area (Å²) in [5.74, 6) is 1.31. The van der Waals surface area contributed by atoms with Crippen LogP contribution in [0.25, 0.3) is 22.1 Å². The highest BCUT2D eigenvalue weighted by Gasteiger charge is 2.16. The van der Waals surface area contributed by atoms with Crippen LogP contribution in [0.4, 0.5) is 0 Å². The summed E-state index contributed by atoms with van der Waals surface area (Å²) in [4.78, 5) is 24.7. The first kappa shape index (κ1) is 21.6. The van der Waals surface area contributed by atoms with Crippen LogP contribution >= 0.6 is 0 Å². The van der Waals surface area contributed by atoms with E-state index in [0.717, 1.165) is 37.0 Å². The van der Waals surface area contributed by atoms with Crippen molar-refractivity contribution in [2.45, 2.75) is 45.4 Å². The monoisotopic (exact) mass is 408 g/mol. The first-order valence-electron chi connectivity index (χ1n) is 10.5. The molecule has 2 aromatic carbocycles. The Labute approximate surface area is 176 Å². The number of methoxy groups -OCH3 is 1. The molecule has 0 fully saturated rings. The molecule has 30 heavy (non-hydrogen) atoms. The zero-order valence-corrected chi connectivity index (χ0v) is 17.6. The Morgan fingerprint density at radius 3 is 2.43 bits per heavy atom. The predicted octanol–water partition coefficient (Wildman–Crippen LogP) is 5.52. The molecule has 0 atom stereocenters. The van der Waals surface area contributed by atoms with Gasteiger partial charge in [-0.15, -0.1) is 0 Å². The number of carbonyl (C=O) groups excluding carboxylic acids is 1. The molecule has 0 aliphatic heterocycles. The lowest BCUT2D eigenvalue weighted by atomic mass is 9.99. The van der Waals surface area contributed by atoms with E-state index in [0.29, 0.717) is 41.7 Å². The molecule has 0 N–H and O–H groups in total. The van der Waals surface area contributed by atoms with Gasteiger partial charge < -0.3 is 13.9 Å². The predicted molar refractivity (Wildman–Crippen MR) is 118 cm³/mol. The van der Waals surface area contributed by atoms with E-state index in [1.807, 2.05) is 49.4 Å². The third-order valence-electron chi connectivity index (χ3n) is 5.09. The Balaban J connectivity index is 1.77. The zero-order valence-electron chi connectivity index (χ0n) is 17.6. The average Bonchev–Trinajstić information content (AvgIpc) is 2.77. The van der Waals surface area contributed by atoms with Crippen LogP contribution < -0.4 is 10.2 Å². The van der Waals surface area contributed by atoms with Gasteiger partial charge in [-0.1, -0.05) is 37.1 Å². The molecule has 3 aromatic rings. The van der Waals surface area contributed by atoms with Crippen molar-refractivity contribution in [1.82, 2.24) is 0 Å². The Kier molecular flexibility index (Phi) is 7.66. The van der Waals surface area contributed by atoms with Crippen molar-refractivity contribution in [1.29, 1.82) is 0 Å². The topological polar surface area (TPSA) is 65.7 Å². The van der Waals surface area contributed by atoms with E-state index in [1.54, 1.807) is 13.2 Å². The molecule has 5 heteroatoms. The van der Waals surface area contributed by atoms with E-state index in [-0.39, 0.29) is 11.4 Å². The van der Waals surface area contributed by atoms with Crippen LogP contribution in [0.2, 0.25) is 0 Å². The Hall–Kier alpha value is -3.08. The molecule has 0 aliphatic rings. The second kappa shape index (κ2) is 10.6. The fourth-order valence-electron chi connectivity index (χ4n) is 3.56. The van der Waals surface area contributed by atoms with Crippen molar-refractivity contribution in [2.24, 2.45) is 0 Å². The maximum atomic E-state index is 13.2. The number of carbonyl (C=O) groups is 1. The maximum Gasteiger partial charge on any atom is 0.305 e. The van der Waals surface area contributed by atoms with E-state index < -0.39 is 0 Å². The highest BCUT2D eigenvalue weighted by atomic mass is 16.5. The first-order chi connectivity index (χ1) is 14.6. The van der Waals surface area contributed by atoms with Crippen LogP contribution in [0.3, 0.4) is 0 Å². The summed E-state index contributed by atoms with van der Waals surface area (Å²) in [5.41, 5.74) is 2.03. The van der Waals surface area contributed by atoms with Gasteiger partial charge in [-0.3, -0.25) is 9.59 Å². The van der Waals surface area contributed by atoms with Crippen LogP contribution in [-0.2, 0) is 16.0 Å². The highest BCUT2D eigenvalue weighted by molar-refractivity contribution is 5.82. The number of aryl methyl sites for hydroxylation is 1. The third kappa shape index (κ3) is 5.29. The Bertz CT molecular complexity index is 1030. The summed E-state index contributed by atoms with van der Waals surface area (Å²) in [5, 5.41) is 0.585. The molecule has 5 nitrogen and oxygen atoms in total. The van der Waals surface area contributed by atoms with E-state index in [9.17, 15) is 9.59 Å². The largest absolute Gasteiger partial charge is 0.497 e. The molecule has 0 saturated carbocycles. The van der Waals surface area contributed by atoms with Gasteiger partial charge >= 0.3 is 5.97 Å². The van der Waals surface area contributed by atoms with Gasteiger partial charge in [0.05, 0.1) is 24.7 Å². The van der Waals surface area contributed by atoms with Crippen molar-refractivity contribution >= 4 is 16.9 Å². The number of fused-ring (bicyclic) bond motifs is 1. The number of para-hydroxylation sites is 1. The minimum Gasteiger partial charge on any atom is -0.497 e. The summed E-state index contributed by atoms with van der Waals surface area (Å²) < 4.78 is 16.3. The molecule has 158 valence electrons. The molecule has 0 spiro atoms. The minimum absolute atomic E-state index is 0.0145. The Morgan fingerprint density at radius 1 is 0.967 bits per heavy atom. The van der Waals surface area contributed by atoms with Gasteiger partial charge in [-0.2, -0.15) is 0 Å². The molecule has 0 aliphatic carbocycles. The second-order valence-corrected chi connectivity index (χ2v) is 7.17. The van der Waals surface area contributed by atoms with Crippen LogP contribution in [-0.4, -0.2) is 19.7 Å². The van der Waals surface area contributed by atoms with Gasteiger partial charge in [-0.25, -0.2) is 0 Å². The molecule has 1 heterocycles. The van der Waals surface area contributed by atoms with Gasteiger partial charge in [0, 0.05) is 12.8 Å². The van der Waals surface area contributed by atoms with Gasteiger partial charge in [0.1, 0.15) is 17.1 Å². The molecule has 0 bridgehead atoms. The average molecular weight is 408 g/mol. The van der Waals surface area contributed by atoms with Crippen molar-refractivity contribution < 1.29 is 18.7 Å². The first-order valence-corrected chi connectivity index (χ1v) is 10.5. The van der Waals surface area contributed by atoms with Crippen LogP contribution in [0.5, 0.6) is 5.75 Å². The van der Waals surface area contributed by atoms with Crippen molar-refractivity contribution in [3.8, 4) is 16.9 Å². The van der Waals surface area contributed by atoms with Crippen molar-refractivity contribution in [3.63, 3.8) is 0 Å². The maximum absolute atomic E-state index is 13.2. The number of benzene rings is 2. The van der Waals surface area contributed by atoms with Crippen molar-refractivity contribution in [2.75, 3.05) is 13.7 Å². The fourth-order valence-corrected chi connectivity index (χ4v) is 3.56. The summed E-state index contributed by atoms with van der Waals surface area (Å²) in [6, 6.07) is 14.8. The van der Waals surface area contributed by atoms with E-state index in [1.165, 1.54) is 0 Å². The lowest BCUT2D eigenvalue weighted by molar-refractivity contribution is -0.143. The van der Waals surface area contributed by atoms with Crippen molar-refractivity contribution in [3.05, 3.63) is 64.5 Å². The number of rotatable bonds is 10. The van der Waals surface area contributed by atoms with E-state index in [2.05, 4.69) is 0 Å². The molecular weight excluding hydrogens is 380 g/mol. The van der Waals surface area contributed by atoms with Gasteiger partial charge in [0.25, 0.3) is 0 Å². The summed E-state index contributed by atoms with van der Waals surface area (Å²) in [7, 11) is 1.62. The molecule has 0 radical (unpaired) electrons. The van der Waals surface area contributed by atoms with Gasteiger partial charge in [-0.05, 0) is 49.6 Å². The second-order valence-electron chi connectivity index (χ2n) is 7.17. The number of unbranched alkanes of at least 4 members (excludes halogenated alkanes) is 3. The quantitative estimate of drug-likeness (QED) is 0.326. The lowest BCUT2D eigenvalue weighted by Crippen LogP contribution is -2.09. The Morgan fingerprint density at radius 2 is 1.70 bits per heavy atom. The molecule has 3 rings (SSSR count). The molecular formula is C25H28O5. The summed E-state index contributed by atoms with van der Waals surface area (Å²) >= 11 is 0. The van der Waals surface area contributed by atoms with E-state index >= 15 is 0 Å².